The first-order valence-electron chi connectivity index (χ1n) is 4.94. The van der Waals surface area contributed by atoms with Gasteiger partial charge in [-0.3, -0.25) is 4.98 Å². The van der Waals surface area contributed by atoms with Gasteiger partial charge >= 0.3 is 0 Å². The summed E-state index contributed by atoms with van der Waals surface area (Å²) in [5, 5.41) is 10.9. The van der Waals surface area contributed by atoms with Crippen molar-refractivity contribution in [1.82, 2.24) is 4.98 Å². The molecule has 0 spiro atoms. The van der Waals surface area contributed by atoms with Crippen LogP contribution in [0.15, 0.2) is 42.6 Å². The molecule has 17 heavy (non-hydrogen) atoms. The standard InChI is InChI=1S/C13H9Cl2NO/c14-9-4-5-12(15)11(7-9)13(17)8-10-3-1-2-6-16-10/h1-8,17H. The number of pyridine rings is 1. The highest BCUT2D eigenvalue weighted by atomic mass is 35.5. The van der Waals surface area contributed by atoms with Crippen LogP contribution >= 0.6 is 23.2 Å². The minimum atomic E-state index is 0.0381. The van der Waals surface area contributed by atoms with Crippen LogP contribution in [0.5, 0.6) is 0 Å². The van der Waals surface area contributed by atoms with Crippen molar-refractivity contribution < 1.29 is 5.11 Å². The van der Waals surface area contributed by atoms with Crippen molar-refractivity contribution in [2.45, 2.75) is 0 Å². The van der Waals surface area contributed by atoms with E-state index in [1.165, 1.54) is 6.08 Å². The molecule has 1 aromatic heterocycles. The lowest BCUT2D eigenvalue weighted by Gasteiger charge is -2.03. The van der Waals surface area contributed by atoms with Crippen LogP contribution in [-0.4, -0.2) is 10.1 Å². The average Bonchev–Trinajstić information content (AvgIpc) is 2.33. The van der Waals surface area contributed by atoms with E-state index in [9.17, 15) is 5.11 Å². The van der Waals surface area contributed by atoms with Crippen LogP contribution in [0.25, 0.3) is 11.8 Å². The van der Waals surface area contributed by atoms with E-state index in [1.54, 1.807) is 36.5 Å². The number of hydrogen-bond donors (Lipinski definition) is 1. The zero-order chi connectivity index (χ0) is 12.3. The molecule has 1 heterocycles. The molecular weight excluding hydrogens is 257 g/mol. The van der Waals surface area contributed by atoms with E-state index in [2.05, 4.69) is 4.98 Å². The second-order valence-corrected chi connectivity index (χ2v) is 4.25. The van der Waals surface area contributed by atoms with Crippen LogP contribution in [0.4, 0.5) is 0 Å². The summed E-state index contributed by atoms with van der Waals surface area (Å²) in [6, 6.07) is 10.4. The summed E-state index contributed by atoms with van der Waals surface area (Å²) in [5.74, 6) is 0.0381. The molecule has 2 nitrogen and oxygen atoms in total. The van der Waals surface area contributed by atoms with Gasteiger partial charge in [0.25, 0.3) is 0 Å². The molecule has 0 aliphatic carbocycles. The molecule has 0 atom stereocenters. The number of rotatable bonds is 2. The minimum Gasteiger partial charge on any atom is -0.507 e. The quantitative estimate of drug-likeness (QED) is 0.815. The summed E-state index contributed by atoms with van der Waals surface area (Å²) in [6.45, 7) is 0. The second-order valence-electron chi connectivity index (χ2n) is 3.41. The largest absolute Gasteiger partial charge is 0.507 e. The summed E-state index contributed by atoms with van der Waals surface area (Å²) in [5.41, 5.74) is 1.14. The van der Waals surface area contributed by atoms with Gasteiger partial charge < -0.3 is 5.11 Å². The lowest BCUT2D eigenvalue weighted by atomic mass is 10.1. The molecule has 0 bridgehead atoms. The molecular formula is C13H9Cl2NO. The Kier molecular flexibility index (Phi) is 3.67. The topological polar surface area (TPSA) is 33.1 Å². The van der Waals surface area contributed by atoms with E-state index in [0.29, 0.717) is 21.3 Å². The van der Waals surface area contributed by atoms with Crippen molar-refractivity contribution in [3.05, 3.63) is 63.9 Å². The van der Waals surface area contributed by atoms with Crippen LogP contribution in [0.3, 0.4) is 0 Å². The van der Waals surface area contributed by atoms with Crippen molar-refractivity contribution in [1.29, 1.82) is 0 Å². The molecule has 0 aliphatic heterocycles. The van der Waals surface area contributed by atoms with Gasteiger partial charge in [-0.05, 0) is 30.3 Å². The van der Waals surface area contributed by atoms with Crippen LogP contribution in [-0.2, 0) is 0 Å². The van der Waals surface area contributed by atoms with E-state index < -0.39 is 0 Å². The highest BCUT2D eigenvalue weighted by Crippen LogP contribution is 2.26. The van der Waals surface area contributed by atoms with Gasteiger partial charge in [0.1, 0.15) is 5.76 Å². The van der Waals surface area contributed by atoms with Gasteiger partial charge in [-0.25, -0.2) is 0 Å². The summed E-state index contributed by atoms with van der Waals surface area (Å²) in [7, 11) is 0. The van der Waals surface area contributed by atoms with Crippen LogP contribution < -0.4 is 0 Å². The average molecular weight is 266 g/mol. The number of halogens is 2. The van der Waals surface area contributed by atoms with E-state index >= 15 is 0 Å². The Morgan fingerprint density at radius 2 is 2.00 bits per heavy atom. The Bertz CT molecular complexity index is 553. The molecule has 2 aromatic rings. The summed E-state index contributed by atoms with van der Waals surface area (Å²) in [6.07, 6.45) is 3.19. The lowest BCUT2D eigenvalue weighted by molar-refractivity contribution is 0.515. The Morgan fingerprint density at radius 3 is 2.71 bits per heavy atom. The first-order valence-corrected chi connectivity index (χ1v) is 5.69. The predicted molar refractivity (Wildman–Crippen MR) is 71.2 cm³/mol. The minimum absolute atomic E-state index is 0.0381. The number of aromatic nitrogens is 1. The predicted octanol–water partition coefficient (Wildman–Crippen LogP) is 4.44. The highest BCUT2D eigenvalue weighted by Gasteiger charge is 2.06. The van der Waals surface area contributed by atoms with Crippen molar-refractivity contribution in [3.8, 4) is 0 Å². The Hall–Kier alpha value is -1.51. The van der Waals surface area contributed by atoms with Crippen molar-refractivity contribution in [2.75, 3.05) is 0 Å². The third kappa shape index (κ3) is 2.99. The van der Waals surface area contributed by atoms with Crippen molar-refractivity contribution in [3.63, 3.8) is 0 Å². The number of nitrogens with zero attached hydrogens (tertiary/aromatic N) is 1. The smallest absolute Gasteiger partial charge is 0.126 e. The van der Waals surface area contributed by atoms with Gasteiger partial charge in [-0.1, -0.05) is 29.3 Å². The van der Waals surface area contributed by atoms with Crippen LogP contribution in [0, 0.1) is 0 Å². The molecule has 0 saturated carbocycles. The molecule has 4 heteroatoms. The molecule has 0 amide bonds. The molecule has 0 radical (unpaired) electrons. The Balaban J connectivity index is 2.40. The molecule has 0 fully saturated rings. The third-order valence-electron chi connectivity index (χ3n) is 2.18. The summed E-state index contributed by atoms with van der Waals surface area (Å²) < 4.78 is 0. The fraction of sp³-hybridized carbons (Fsp3) is 0. The number of benzene rings is 1. The summed E-state index contributed by atoms with van der Waals surface area (Å²) >= 11 is 11.8. The Morgan fingerprint density at radius 1 is 1.18 bits per heavy atom. The number of aliphatic hydroxyl groups is 1. The van der Waals surface area contributed by atoms with Crippen LogP contribution in [0.2, 0.25) is 10.0 Å². The molecule has 2 rings (SSSR count). The molecule has 86 valence electrons. The normalized spacial score (nSPS) is 11.5. The molecule has 0 saturated heterocycles. The maximum Gasteiger partial charge on any atom is 0.126 e. The molecule has 0 aliphatic rings. The SMILES string of the molecule is OC(=Cc1ccccn1)c1cc(Cl)ccc1Cl. The van der Waals surface area contributed by atoms with E-state index in [4.69, 9.17) is 23.2 Å². The fourth-order valence-corrected chi connectivity index (χ4v) is 1.76. The van der Waals surface area contributed by atoms with E-state index in [0.717, 1.165) is 0 Å². The van der Waals surface area contributed by atoms with Crippen LogP contribution in [0.1, 0.15) is 11.3 Å². The van der Waals surface area contributed by atoms with Gasteiger partial charge in [0.05, 0.1) is 10.7 Å². The van der Waals surface area contributed by atoms with Gasteiger partial charge in [-0.2, -0.15) is 0 Å². The third-order valence-corrected chi connectivity index (χ3v) is 2.74. The zero-order valence-electron chi connectivity index (χ0n) is 8.77. The van der Waals surface area contributed by atoms with Gasteiger partial charge in [0, 0.05) is 22.9 Å². The number of aliphatic hydroxyl groups excluding tert-OH is 1. The van der Waals surface area contributed by atoms with Gasteiger partial charge in [0.2, 0.25) is 0 Å². The maximum absolute atomic E-state index is 9.96. The Labute approximate surface area is 109 Å². The van der Waals surface area contributed by atoms with Gasteiger partial charge in [-0.15, -0.1) is 0 Å². The number of hydrogen-bond acceptors (Lipinski definition) is 2. The zero-order valence-corrected chi connectivity index (χ0v) is 10.3. The molecule has 1 aromatic carbocycles. The monoisotopic (exact) mass is 265 g/mol. The molecule has 0 unspecified atom stereocenters. The molecule has 1 N–H and O–H groups in total. The second kappa shape index (κ2) is 5.21. The van der Waals surface area contributed by atoms with E-state index in [1.807, 2.05) is 6.07 Å². The fourth-order valence-electron chi connectivity index (χ4n) is 1.37. The first-order chi connectivity index (χ1) is 8.16. The van der Waals surface area contributed by atoms with Gasteiger partial charge in [0.15, 0.2) is 0 Å². The highest BCUT2D eigenvalue weighted by molar-refractivity contribution is 6.34. The summed E-state index contributed by atoms with van der Waals surface area (Å²) in [4.78, 5) is 4.08. The maximum atomic E-state index is 9.96. The van der Waals surface area contributed by atoms with Crippen molar-refractivity contribution >= 4 is 35.0 Å². The van der Waals surface area contributed by atoms with Crippen molar-refractivity contribution in [2.24, 2.45) is 0 Å². The first kappa shape index (κ1) is 12.0. The van der Waals surface area contributed by atoms with E-state index in [-0.39, 0.29) is 5.76 Å². The lowest BCUT2D eigenvalue weighted by Crippen LogP contribution is -1.86.